The highest BCUT2D eigenvalue weighted by atomic mass is 16.8. The maximum absolute atomic E-state index is 12.3. The Morgan fingerprint density at radius 2 is 1.70 bits per heavy atom. The largest absolute Gasteiger partial charge is 0.459 e. The Balaban J connectivity index is 1.33. The molecule has 6 nitrogen and oxygen atoms in total. The van der Waals surface area contributed by atoms with Crippen molar-refractivity contribution in [3.8, 4) is 0 Å². The summed E-state index contributed by atoms with van der Waals surface area (Å²) in [5, 5.41) is 0. The van der Waals surface area contributed by atoms with Crippen molar-refractivity contribution in [2.24, 2.45) is 5.92 Å². The van der Waals surface area contributed by atoms with Crippen molar-refractivity contribution in [1.82, 2.24) is 0 Å². The highest BCUT2D eigenvalue weighted by Crippen LogP contribution is 2.42. The first-order chi connectivity index (χ1) is 14.5. The van der Waals surface area contributed by atoms with Gasteiger partial charge < -0.3 is 23.7 Å². The van der Waals surface area contributed by atoms with Crippen molar-refractivity contribution < 1.29 is 28.5 Å². The first kappa shape index (κ1) is 21.0. The minimum Gasteiger partial charge on any atom is -0.459 e. The molecule has 30 heavy (non-hydrogen) atoms. The second-order valence-corrected chi connectivity index (χ2v) is 8.10. The van der Waals surface area contributed by atoms with Gasteiger partial charge in [-0.2, -0.15) is 0 Å². The van der Waals surface area contributed by atoms with E-state index in [9.17, 15) is 4.79 Å². The SMILES string of the molecule is CC1(C)OC2[C@H](O[C@H](COC(=O)c3ccccc3)[C@@H]2CCOCc2ccccc2)O1. The Morgan fingerprint density at radius 1 is 1.00 bits per heavy atom. The number of fused-ring (bicyclic) bond motifs is 1. The van der Waals surface area contributed by atoms with Crippen LogP contribution < -0.4 is 0 Å². The summed E-state index contributed by atoms with van der Waals surface area (Å²) in [6.07, 6.45) is -0.245. The quantitative estimate of drug-likeness (QED) is 0.483. The molecule has 0 spiro atoms. The fraction of sp³-hybridized carbons (Fsp3) is 0.458. The Morgan fingerprint density at radius 3 is 2.43 bits per heavy atom. The number of benzene rings is 2. The summed E-state index contributed by atoms with van der Waals surface area (Å²) in [5.74, 6) is -1.04. The molecular weight excluding hydrogens is 384 g/mol. The van der Waals surface area contributed by atoms with Gasteiger partial charge in [-0.3, -0.25) is 0 Å². The molecule has 2 aliphatic rings. The number of carbonyl (C=O) groups excluding carboxylic acids is 1. The first-order valence-corrected chi connectivity index (χ1v) is 10.4. The van der Waals surface area contributed by atoms with Gasteiger partial charge in [-0.15, -0.1) is 0 Å². The molecule has 2 aliphatic heterocycles. The van der Waals surface area contributed by atoms with E-state index in [1.165, 1.54) is 0 Å². The molecule has 6 heteroatoms. The molecular formula is C24H28O6. The van der Waals surface area contributed by atoms with Crippen LogP contribution in [0, 0.1) is 5.92 Å². The number of hydrogen-bond acceptors (Lipinski definition) is 6. The van der Waals surface area contributed by atoms with Gasteiger partial charge in [-0.1, -0.05) is 48.5 Å². The third-order valence-electron chi connectivity index (χ3n) is 5.39. The van der Waals surface area contributed by atoms with Crippen molar-refractivity contribution >= 4 is 5.97 Å². The molecule has 0 saturated carbocycles. The van der Waals surface area contributed by atoms with E-state index in [4.69, 9.17) is 23.7 Å². The van der Waals surface area contributed by atoms with E-state index in [-0.39, 0.29) is 30.7 Å². The van der Waals surface area contributed by atoms with Crippen LogP contribution in [0.2, 0.25) is 0 Å². The Labute approximate surface area is 177 Å². The highest BCUT2D eigenvalue weighted by Gasteiger charge is 2.54. The fourth-order valence-electron chi connectivity index (χ4n) is 3.95. The molecule has 0 radical (unpaired) electrons. The van der Waals surface area contributed by atoms with Crippen molar-refractivity contribution in [3.05, 3.63) is 71.8 Å². The average Bonchev–Trinajstić information content (AvgIpc) is 3.22. The summed E-state index contributed by atoms with van der Waals surface area (Å²) >= 11 is 0. The van der Waals surface area contributed by atoms with Gasteiger partial charge in [0.05, 0.1) is 12.2 Å². The Hall–Kier alpha value is -2.25. The molecule has 2 saturated heterocycles. The Kier molecular flexibility index (Phi) is 6.49. The van der Waals surface area contributed by atoms with Gasteiger partial charge in [0.15, 0.2) is 12.1 Å². The van der Waals surface area contributed by atoms with E-state index in [1.807, 2.05) is 62.4 Å². The topological polar surface area (TPSA) is 63.2 Å². The molecule has 2 heterocycles. The van der Waals surface area contributed by atoms with Crippen LogP contribution in [0.5, 0.6) is 0 Å². The van der Waals surface area contributed by atoms with E-state index in [2.05, 4.69) is 0 Å². The van der Waals surface area contributed by atoms with Crippen LogP contribution in [0.4, 0.5) is 0 Å². The van der Waals surface area contributed by atoms with Gasteiger partial charge in [0.25, 0.3) is 0 Å². The van der Waals surface area contributed by atoms with Crippen LogP contribution in [0.3, 0.4) is 0 Å². The van der Waals surface area contributed by atoms with Gasteiger partial charge in [0.1, 0.15) is 18.8 Å². The van der Waals surface area contributed by atoms with Crippen molar-refractivity contribution in [2.45, 2.75) is 51.2 Å². The summed E-state index contributed by atoms with van der Waals surface area (Å²) < 4.78 is 29.4. The summed E-state index contributed by atoms with van der Waals surface area (Å²) in [7, 11) is 0. The van der Waals surface area contributed by atoms with Gasteiger partial charge in [-0.25, -0.2) is 4.79 Å². The average molecular weight is 412 g/mol. The van der Waals surface area contributed by atoms with Crippen LogP contribution in [-0.2, 0) is 30.3 Å². The molecule has 2 fully saturated rings. The Bertz CT molecular complexity index is 822. The van der Waals surface area contributed by atoms with Gasteiger partial charge in [0.2, 0.25) is 0 Å². The summed E-state index contributed by atoms with van der Waals surface area (Å²) in [6.45, 7) is 5.01. The molecule has 0 bridgehead atoms. The van der Waals surface area contributed by atoms with Gasteiger partial charge in [-0.05, 0) is 38.0 Å². The molecule has 4 rings (SSSR count). The number of carbonyl (C=O) groups is 1. The summed E-state index contributed by atoms with van der Waals surface area (Å²) in [4.78, 5) is 12.3. The standard InChI is InChI=1S/C24H28O6/c1-24(2)29-21-19(13-14-26-15-17-9-5-3-6-10-17)20(28-23(21)30-24)16-27-22(25)18-11-7-4-8-12-18/h3-12,19-21,23H,13-16H2,1-2H3/t19-,20+,21?,23+/m0/s1. The fourth-order valence-corrected chi connectivity index (χ4v) is 3.95. The van der Waals surface area contributed by atoms with E-state index in [1.54, 1.807) is 12.1 Å². The van der Waals surface area contributed by atoms with Crippen molar-refractivity contribution in [1.29, 1.82) is 0 Å². The summed E-state index contributed by atoms with van der Waals surface area (Å²) in [5.41, 5.74) is 1.65. The van der Waals surface area contributed by atoms with Crippen LogP contribution in [0.25, 0.3) is 0 Å². The number of esters is 1. The van der Waals surface area contributed by atoms with Crippen molar-refractivity contribution in [3.63, 3.8) is 0 Å². The van der Waals surface area contributed by atoms with E-state index in [0.717, 1.165) is 12.0 Å². The third-order valence-corrected chi connectivity index (χ3v) is 5.39. The maximum atomic E-state index is 12.3. The molecule has 0 aliphatic carbocycles. The molecule has 2 aromatic rings. The molecule has 0 N–H and O–H groups in total. The minimum absolute atomic E-state index is 0.0103. The second-order valence-electron chi connectivity index (χ2n) is 8.10. The highest BCUT2D eigenvalue weighted by molar-refractivity contribution is 5.89. The molecule has 4 atom stereocenters. The van der Waals surface area contributed by atoms with Crippen LogP contribution in [0.15, 0.2) is 60.7 Å². The predicted octanol–water partition coefficient (Wildman–Crippen LogP) is 3.94. The number of ether oxygens (including phenoxy) is 5. The predicted molar refractivity (Wildman–Crippen MR) is 110 cm³/mol. The van der Waals surface area contributed by atoms with Gasteiger partial charge >= 0.3 is 5.97 Å². The lowest BCUT2D eigenvalue weighted by Gasteiger charge is -2.25. The van der Waals surface area contributed by atoms with E-state index < -0.39 is 12.1 Å². The maximum Gasteiger partial charge on any atom is 0.338 e. The molecule has 2 aromatic carbocycles. The lowest BCUT2D eigenvalue weighted by atomic mass is 9.95. The molecule has 1 unspecified atom stereocenters. The smallest absolute Gasteiger partial charge is 0.338 e. The zero-order valence-electron chi connectivity index (χ0n) is 17.4. The minimum atomic E-state index is -0.690. The molecule has 160 valence electrons. The molecule has 0 amide bonds. The monoisotopic (exact) mass is 412 g/mol. The summed E-state index contributed by atoms with van der Waals surface area (Å²) in [6, 6.07) is 19.0. The zero-order chi connectivity index (χ0) is 21.0. The lowest BCUT2D eigenvalue weighted by molar-refractivity contribution is -0.214. The van der Waals surface area contributed by atoms with Gasteiger partial charge in [0, 0.05) is 12.5 Å². The normalized spacial score (nSPS) is 27.0. The second kappa shape index (κ2) is 9.27. The lowest BCUT2D eigenvalue weighted by Crippen LogP contribution is -2.33. The zero-order valence-corrected chi connectivity index (χ0v) is 17.4. The first-order valence-electron chi connectivity index (χ1n) is 10.4. The number of rotatable bonds is 8. The third kappa shape index (κ3) is 5.08. The molecule has 0 aromatic heterocycles. The van der Waals surface area contributed by atoms with E-state index >= 15 is 0 Å². The van der Waals surface area contributed by atoms with Crippen molar-refractivity contribution in [2.75, 3.05) is 13.2 Å². The number of hydrogen-bond donors (Lipinski definition) is 0. The van der Waals surface area contributed by atoms with Crippen LogP contribution in [0.1, 0.15) is 36.2 Å². The van der Waals surface area contributed by atoms with Crippen LogP contribution >= 0.6 is 0 Å². The van der Waals surface area contributed by atoms with Crippen LogP contribution in [-0.4, -0.2) is 43.5 Å². The van der Waals surface area contributed by atoms with E-state index in [0.29, 0.717) is 18.8 Å².